The number of rotatable bonds is 0. The van der Waals surface area contributed by atoms with Gasteiger partial charge in [-0.15, -0.1) is 0 Å². The monoisotopic (exact) mass is 251 g/mol. The first-order valence-electron chi connectivity index (χ1n) is 4.17. The highest BCUT2D eigenvalue weighted by Crippen LogP contribution is 2.36. The summed E-state index contributed by atoms with van der Waals surface area (Å²) in [5.41, 5.74) is 2.72. The fourth-order valence-corrected chi connectivity index (χ4v) is 1.89. The van der Waals surface area contributed by atoms with Gasteiger partial charge >= 0.3 is 0 Å². The predicted octanol–water partition coefficient (Wildman–Crippen LogP) is 2.13. The Morgan fingerprint density at radius 3 is 3.21 bits per heavy atom. The van der Waals surface area contributed by atoms with Crippen LogP contribution in [0, 0.1) is 0 Å². The number of H-pyrrole nitrogens is 1. The number of ether oxygens (including phenoxy) is 1. The lowest BCUT2D eigenvalue weighted by molar-refractivity contribution is 0.297. The summed E-state index contributed by atoms with van der Waals surface area (Å²) in [4.78, 5) is 0. The number of nitrogens with one attached hydrogen (secondary N) is 1. The zero-order chi connectivity index (χ0) is 9.54. The molecule has 2 heterocycles. The highest BCUT2D eigenvalue weighted by molar-refractivity contribution is 9.10. The lowest BCUT2D eigenvalue weighted by atomic mass is 10.1. The number of hydrogen-bond acceptors (Lipinski definition) is 3. The van der Waals surface area contributed by atoms with Crippen molar-refractivity contribution in [1.29, 1.82) is 0 Å². The Bertz CT molecular complexity index is 495. The van der Waals surface area contributed by atoms with E-state index in [1.165, 1.54) is 0 Å². The van der Waals surface area contributed by atoms with E-state index >= 15 is 0 Å². The summed E-state index contributed by atoms with van der Waals surface area (Å²) >= 11 is 3.42. The number of nitrogens with zero attached hydrogens (tertiary/aromatic N) is 2. The van der Waals surface area contributed by atoms with Gasteiger partial charge in [0.05, 0.1) is 0 Å². The first kappa shape index (κ1) is 7.99. The molecule has 1 aromatic heterocycles. The average molecular weight is 252 g/mol. The van der Waals surface area contributed by atoms with Gasteiger partial charge in [-0.25, -0.2) is 0 Å². The lowest BCUT2D eigenvalue weighted by Gasteiger charge is -2.15. The molecule has 0 amide bonds. The Kier molecular flexibility index (Phi) is 1.61. The molecule has 4 nitrogen and oxygen atoms in total. The molecule has 1 aliphatic rings. The van der Waals surface area contributed by atoms with Crippen LogP contribution in [-0.2, 0) is 6.61 Å². The zero-order valence-electron chi connectivity index (χ0n) is 7.12. The molecule has 0 radical (unpaired) electrons. The van der Waals surface area contributed by atoms with Gasteiger partial charge in [0, 0.05) is 10.0 Å². The maximum atomic E-state index is 5.52. The van der Waals surface area contributed by atoms with E-state index < -0.39 is 0 Å². The summed E-state index contributed by atoms with van der Waals surface area (Å²) in [6, 6.07) is 5.86. The molecule has 0 bridgehead atoms. The van der Waals surface area contributed by atoms with E-state index in [2.05, 4.69) is 31.3 Å². The third-order valence-corrected chi connectivity index (χ3v) is 2.67. The highest BCUT2D eigenvalue weighted by atomic mass is 79.9. The van der Waals surface area contributed by atoms with Gasteiger partial charge in [-0.3, -0.25) is 0 Å². The normalized spacial score (nSPS) is 12.9. The minimum absolute atomic E-state index is 0.487. The van der Waals surface area contributed by atoms with E-state index in [1.54, 1.807) is 0 Å². The molecule has 1 aromatic carbocycles. The molecule has 0 spiro atoms. The molecular formula is C9H6BrN3O. The molecule has 0 unspecified atom stereocenters. The second-order valence-corrected chi connectivity index (χ2v) is 3.96. The molecule has 0 saturated heterocycles. The average Bonchev–Trinajstić information content (AvgIpc) is 2.65. The highest BCUT2D eigenvalue weighted by Gasteiger charge is 2.20. The Hall–Kier alpha value is -1.36. The van der Waals surface area contributed by atoms with Crippen LogP contribution in [0.3, 0.4) is 0 Å². The molecule has 0 saturated carbocycles. The molecule has 70 valence electrons. The van der Waals surface area contributed by atoms with Gasteiger partial charge in [0.1, 0.15) is 23.7 Å². The predicted molar refractivity (Wildman–Crippen MR) is 53.9 cm³/mol. The van der Waals surface area contributed by atoms with Crippen LogP contribution >= 0.6 is 15.9 Å². The van der Waals surface area contributed by atoms with Crippen molar-refractivity contribution in [2.45, 2.75) is 6.61 Å². The van der Waals surface area contributed by atoms with Crippen molar-refractivity contribution in [3.05, 3.63) is 28.4 Å². The Balaban J connectivity index is 2.28. The maximum Gasteiger partial charge on any atom is 0.134 e. The van der Waals surface area contributed by atoms with Crippen molar-refractivity contribution in [3.8, 4) is 17.0 Å². The Morgan fingerprint density at radius 1 is 1.36 bits per heavy atom. The van der Waals surface area contributed by atoms with Gasteiger partial charge in [-0.1, -0.05) is 15.9 Å². The minimum Gasteiger partial charge on any atom is -0.486 e. The van der Waals surface area contributed by atoms with Gasteiger partial charge in [0.25, 0.3) is 0 Å². The van der Waals surface area contributed by atoms with Crippen LogP contribution in [0.1, 0.15) is 5.69 Å². The van der Waals surface area contributed by atoms with E-state index in [4.69, 9.17) is 4.74 Å². The number of benzene rings is 1. The van der Waals surface area contributed by atoms with Crippen molar-refractivity contribution in [1.82, 2.24) is 15.4 Å². The second kappa shape index (κ2) is 2.81. The topological polar surface area (TPSA) is 50.8 Å². The van der Waals surface area contributed by atoms with Crippen LogP contribution in [-0.4, -0.2) is 15.4 Å². The van der Waals surface area contributed by atoms with E-state index in [-0.39, 0.29) is 0 Å². The summed E-state index contributed by atoms with van der Waals surface area (Å²) in [5, 5.41) is 10.7. The molecule has 3 rings (SSSR count). The molecule has 0 aliphatic carbocycles. The largest absolute Gasteiger partial charge is 0.486 e. The fraction of sp³-hybridized carbons (Fsp3) is 0.111. The number of fused-ring (bicyclic) bond motifs is 3. The summed E-state index contributed by atoms with van der Waals surface area (Å²) < 4.78 is 6.53. The second-order valence-electron chi connectivity index (χ2n) is 3.05. The zero-order valence-corrected chi connectivity index (χ0v) is 8.71. The van der Waals surface area contributed by atoms with E-state index in [0.717, 1.165) is 27.2 Å². The van der Waals surface area contributed by atoms with E-state index in [9.17, 15) is 0 Å². The molecule has 1 aliphatic heterocycles. The van der Waals surface area contributed by atoms with Crippen molar-refractivity contribution in [3.63, 3.8) is 0 Å². The summed E-state index contributed by atoms with van der Waals surface area (Å²) in [5.74, 6) is 0.856. The summed E-state index contributed by atoms with van der Waals surface area (Å²) in [7, 11) is 0. The third kappa shape index (κ3) is 1.05. The molecule has 5 heteroatoms. The molecule has 0 fully saturated rings. The SMILES string of the molecule is Brc1ccc2c(c1)-c1n[nH]nc1CO2. The number of aromatic amines is 1. The molecule has 1 N–H and O–H groups in total. The lowest BCUT2D eigenvalue weighted by Crippen LogP contribution is -2.04. The van der Waals surface area contributed by atoms with E-state index in [0.29, 0.717) is 6.61 Å². The molecular weight excluding hydrogens is 246 g/mol. The van der Waals surface area contributed by atoms with Crippen LogP contribution in [0.5, 0.6) is 5.75 Å². The van der Waals surface area contributed by atoms with Gasteiger partial charge in [-0.2, -0.15) is 15.4 Å². The van der Waals surface area contributed by atoms with Crippen LogP contribution in [0.4, 0.5) is 0 Å². The van der Waals surface area contributed by atoms with Crippen LogP contribution in [0.25, 0.3) is 11.3 Å². The standard InChI is InChI=1S/C9H6BrN3O/c10-5-1-2-8-6(3-5)9-7(4-14-8)11-13-12-9/h1-3H,4H2,(H,11,12,13). The van der Waals surface area contributed by atoms with Crippen molar-refractivity contribution in [2.24, 2.45) is 0 Å². The quantitative estimate of drug-likeness (QED) is 0.781. The van der Waals surface area contributed by atoms with E-state index in [1.807, 2.05) is 18.2 Å². The van der Waals surface area contributed by atoms with Crippen molar-refractivity contribution >= 4 is 15.9 Å². The minimum atomic E-state index is 0.487. The summed E-state index contributed by atoms with van der Waals surface area (Å²) in [6.07, 6.45) is 0. The van der Waals surface area contributed by atoms with Gasteiger partial charge < -0.3 is 4.74 Å². The number of halogens is 1. The molecule has 2 aromatic rings. The van der Waals surface area contributed by atoms with Crippen molar-refractivity contribution < 1.29 is 4.74 Å². The summed E-state index contributed by atoms with van der Waals surface area (Å²) in [6.45, 7) is 0.487. The number of hydrogen-bond donors (Lipinski definition) is 1. The van der Waals surface area contributed by atoms with Crippen LogP contribution in [0.2, 0.25) is 0 Å². The van der Waals surface area contributed by atoms with Crippen LogP contribution in [0.15, 0.2) is 22.7 Å². The number of aromatic nitrogens is 3. The smallest absolute Gasteiger partial charge is 0.134 e. The maximum absolute atomic E-state index is 5.52. The fourth-order valence-electron chi connectivity index (χ4n) is 1.53. The first-order valence-corrected chi connectivity index (χ1v) is 4.96. The van der Waals surface area contributed by atoms with Gasteiger partial charge in [0.15, 0.2) is 0 Å². The third-order valence-electron chi connectivity index (χ3n) is 2.18. The Morgan fingerprint density at radius 2 is 2.29 bits per heavy atom. The Labute approximate surface area is 88.4 Å². The molecule has 14 heavy (non-hydrogen) atoms. The molecule has 0 atom stereocenters. The van der Waals surface area contributed by atoms with Gasteiger partial charge in [-0.05, 0) is 18.2 Å². The van der Waals surface area contributed by atoms with Crippen LogP contribution < -0.4 is 4.74 Å². The first-order chi connectivity index (χ1) is 6.84. The van der Waals surface area contributed by atoms with Crippen molar-refractivity contribution in [2.75, 3.05) is 0 Å². The van der Waals surface area contributed by atoms with Gasteiger partial charge in [0.2, 0.25) is 0 Å².